The first-order chi connectivity index (χ1) is 6.34. The van der Waals surface area contributed by atoms with E-state index >= 15 is 0 Å². The van der Waals surface area contributed by atoms with E-state index in [1.165, 1.54) is 11.1 Å². The third kappa shape index (κ3) is 6.15. The van der Waals surface area contributed by atoms with Crippen molar-refractivity contribution in [1.82, 2.24) is 0 Å². The van der Waals surface area contributed by atoms with Crippen molar-refractivity contribution in [2.75, 3.05) is 0 Å². The smallest absolute Gasteiger partial charge is 0.0233 e. The molecule has 0 unspecified atom stereocenters. The molecule has 1 rings (SSSR count). The standard InChI is InChI=1S/C9H10.2C2H6/c1-3-9-7-5-4-6-8(9)2;2*1-2/h3-7H,1H2,2H3;2*1-2H3. The molecule has 0 atom stereocenters. The van der Waals surface area contributed by atoms with Crippen molar-refractivity contribution in [3.8, 4) is 0 Å². The van der Waals surface area contributed by atoms with Gasteiger partial charge in [0.1, 0.15) is 0 Å². The van der Waals surface area contributed by atoms with Gasteiger partial charge in [0.05, 0.1) is 0 Å². The van der Waals surface area contributed by atoms with Crippen molar-refractivity contribution in [2.45, 2.75) is 34.6 Å². The summed E-state index contributed by atoms with van der Waals surface area (Å²) < 4.78 is 0. The molecule has 1 aromatic rings. The molecule has 0 nitrogen and oxygen atoms in total. The molecule has 0 fully saturated rings. The molecule has 0 amide bonds. The maximum Gasteiger partial charge on any atom is -0.0233 e. The lowest BCUT2D eigenvalue weighted by Crippen LogP contribution is -1.75. The van der Waals surface area contributed by atoms with Crippen LogP contribution in [-0.2, 0) is 0 Å². The van der Waals surface area contributed by atoms with Crippen LogP contribution in [0.4, 0.5) is 0 Å². The third-order valence-corrected chi connectivity index (χ3v) is 1.41. The van der Waals surface area contributed by atoms with Crippen LogP contribution in [0.15, 0.2) is 30.8 Å². The Morgan fingerprint density at radius 3 is 1.77 bits per heavy atom. The Kier molecular flexibility index (Phi) is 12.2. The zero-order chi connectivity index (χ0) is 10.7. The van der Waals surface area contributed by atoms with Crippen molar-refractivity contribution in [2.24, 2.45) is 0 Å². The highest BCUT2D eigenvalue weighted by molar-refractivity contribution is 5.50. The Morgan fingerprint density at radius 2 is 1.46 bits per heavy atom. The molecule has 0 heterocycles. The molecular formula is C13H22. The first-order valence-electron chi connectivity index (χ1n) is 5.02. The Bertz CT molecular complexity index is 211. The van der Waals surface area contributed by atoms with Gasteiger partial charge in [-0.2, -0.15) is 0 Å². The summed E-state index contributed by atoms with van der Waals surface area (Å²) >= 11 is 0. The fraction of sp³-hybridized carbons (Fsp3) is 0.385. The summed E-state index contributed by atoms with van der Waals surface area (Å²) in [7, 11) is 0. The summed E-state index contributed by atoms with van der Waals surface area (Å²) in [6, 6.07) is 8.19. The Hall–Kier alpha value is -1.04. The van der Waals surface area contributed by atoms with E-state index in [0.717, 1.165) is 0 Å². The van der Waals surface area contributed by atoms with Crippen LogP contribution in [0, 0.1) is 6.92 Å². The molecule has 0 bridgehead atoms. The van der Waals surface area contributed by atoms with Gasteiger partial charge < -0.3 is 0 Å². The van der Waals surface area contributed by atoms with Crippen LogP contribution in [0.2, 0.25) is 0 Å². The van der Waals surface area contributed by atoms with Gasteiger partial charge in [0.2, 0.25) is 0 Å². The van der Waals surface area contributed by atoms with E-state index in [4.69, 9.17) is 0 Å². The molecular weight excluding hydrogens is 156 g/mol. The van der Waals surface area contributed by atoms with E-state index in [-0.39, 0.29) is 0 Å². The van der Waals surface area contributed by atoms with Crippen LogP contribution >= 0.6 is 0 Å². The number of benzene rings is 1. The first-order valence-corrected chi connectivity index (χ1v) is 5.02. The van der Waals surface area contributed by atoms with E-state index in [1.807, 2.05) is 45.9 Å². The van der Waals surface area contributed by atoms with E-state index in [1.54, 1.807) is 0 Å². The van der Waals surface area contributed by atoms with Crippen LogP contribution in [0.25, 0.3) is 6.08 Å². The first kappa shape index (κ1) is 14.5. The Morgan fingerprint density at radius 1 is 1.00 bits per heavy atom. The molecule has 0 aliphatic carbocycles. The lowest BCUT2D eigenvalue weighted by molar-refractivity contribution is 1.45. The number of aryl methyl sites for hydroxylation is 1. The Balaban J connectivity index is 0. The molecule has 0 aliphatic rings. The molecule has 1 aromatic carbocycles. The van der Waals surface area contributed by atoms with Crippen molar-refractivity contribution < 1.29 is 0 Å². The van der Waals surface area contributed by atoms with E-state index < -0.39 is 0 Å². The number of hydrogen-bond acceptors (Lipinski definition) is 0. The average Bonchev–Trinajstić information content (AvgIpc) is 2.24. The predicted molar refractivity (Wildman–Crippen MR) is 64.0 cm³/mol. The normalized spacial score (nSPS) is 7.15. The quantitative estimate of drug-likeness (QED) is 0.585. The van der Waals surface area contributed by atoms with Gasteiger partial charge in [0.25, 0.3) is 0 Å². The fourth-order valence-corrected chi connectivity index (χ4v) is 0.816. The minimum Gasteiger partial charge on any atom is -0.0985 e. The summed E-state index contributed by atoms with van der Waals surface area (Å²) in [5.74, 6) is 0. The summed E-state index contributed by atoms with van der Waals surface area (Å²) in [6.07, 6.45) is 1.87. The minimum absolute atomic E-state index is 1.22. The van der Waals surface area contributed by atoms with Gasteiger partial charge in [-0.15, -0.1) is 0 Å². The molecule has 0 aromatic heterocycles. The summed E-state index contributed by atoms with van der Waals surface area (Å²) in [5, 5.41) is 0. The maximum absolute atomic E-state index is 3.69. The van der Waals surface area contributed by atoms with Gasteiger partial charge >= 0.3 is 0 Å². The zero-order valence-corrected chi connectivity index (χ0v) is 9.59. The lowest BCUT2D eigenvalue weighted by Gasteiger charge is -1.95. The highest BCUT2D eigenvalue weighted by atomic mass is 13.9. The van der Waals surface area contributed by atoms with Crippen LogP contribution < -0.4 is 0 Å². The number of hydrogen-bond donors (Lipinski definition) is 0. The highest BCUT2D eigenvalue weighted by Crippen LogP contribution is 2.06. The van der Waals surface area contributed by atoms with Crippen LogP contribution in [0.5, 0.6) is 0 Å². The molecule has 13 heavy (non-hydrogen) atoms. The maximum atomic E-state index is 3.69. The SMILES string of the molecule is C=Cc1ccccc1C.CC.CC. The molecule has 0 heteroatoms. The van der Waals surface area contributed by atoms with Crippen molar-refractivity contribution in [1.29, 1.82) is 0 Å². The topological polar surface area (TPSA) is 0 Å². The van der Waals surface area contributed by atoms with Gasteiger partial charge in [-0.3, -0.25) is 0 Å². The van der Waals surface area contributed by atoms with Gasteiger partial charge in [-0.1, -0.05) is 64.6 Å². The summed E-state index contributed by atoms with van der Waals surface area (Å²) in [6.45, 7) is 13.8. The average molecular weight is 178 g/mol. The van der Waals surface area contributed by atoms with Gasteiger partial charge in [0, 0.05) is 0 Å². The van der Waals surface area contributed by atoms with Crippen molar-refractivity contribution in [3.63, 3.8) is 0 Å². The van der Waals surface area contributed by atoms with Crippen LogP contribution in [-0.4, -0.2) is 0 Å². The highest BCUT2D eigenvalue weighted by Gasteiger charge is 1.86. The van der Waals surface area contributed by atoms with E-state index in [0.29, 0.717) is 0 Å². The van der Waals surface area contributed by atoms with Crippen molar-refractivity contribution in [3.05, 3.63) is 42.0 Å². The Labute approximate surface area is 83.3 Å². The lowest BCUT2D eigenvalue weighted by atomic mass is 10.1. The van der Waals surface area contributed by atoms with E-state index in [9.17, 15) is 0 Å². The van der Waals surface area contributed by atoms with Gasteiger partial charge in [-0.25, -0.2) is 0 Å². The molecule has 0 aliphatic heterocycles. The minimum atomic E-state index is 1.22. The molecule has 74 valence electrons. The third-order valence-electron chi connectivity index (χ3n) is 1.41. The molecule has 0 saturated heterocycles. The molecule has 0 N–H and O–H groups in total. The summed E-state index contributed by atoms with van der Waals surface area (Å²) in [5.41, 5.74) is 2.50. The fourth-order valence-electron chi connectivity index (χ4n) is 0.816. The van der Waals surface area contributed by atoms with Crippen LogP contribution in [0.1, 0.15) is 38.8 Å². The second-order valence-corrected chi connectivity index (χ2v) is 2.06. The molecule has 0 saturated carbocycles. The van der Waals surface area contributed by atoms with Gasteiger partial charge in [-0.05, 0) is 18.1 Å². The van der Waals surface area contributed by atoms with Crippen molar-refractivity contribution >= 4 is 6.08 Å². The second kappa shape index (κ2) is 11.0. The van der Waals surface area contributed by atoms with E-state index in [2.05, 4.69) is 25.6 Å². The molecule has 0 radical (unpaired) electrons. The van der Waals surface area contributed by atoms with Crippen LogP contribution in [0.3, 0.4) is 0 Å². The zero-order valence-electron chi connectivity index (χ0n) is 9.59. The summed E-state index contributed by atoms with van der Waals surface area (Å²) in [4.78, 5) is 0. The monoisotopic (exact) mass is 178 g/mol. The van der Waals surface area contributed by atoms with Gasteiger partial charge in [0.15, 0.2) is 0 Å². The largest absolute Gasteiger partial charge is 0.0985 e. The predicted octanol–water partition coefficient (Wildman–Crippen LogP) is 4.69. The molecule has 0 spiro atoms. The second-order valence-electron chi connectivity index (χ2n) is 2.06. The number of rotatable bonds is 1.